The molecule has 0 unspecified atom stereocenters. The van der Waals surface area contributed by atoms with Crippen molar-refractivity contribution in [3.8, 4) is 0 Å². The summed E-state index contributed by atoms with van der Waals surface area (Å²) in [5, 5.41) is 4.35. The Labute approximate surface area is 111 Å². The minimum Gasteiger partial charge on any atom is -0.448 e. The van der Waals surface area contributed by atoms with Gasteiger partial charge in [-0.05, 0) is 24.6 Å². The van der Waals surface area contributed by atoms with E-state index in [1.807, 2.05) is 25.1 Å². The molecule has 0 radical (unpaired) electrons. The topological polar surface area (TPSA) is 77.2 Å². The summed E-state index contributed by atoms with van der Waals surface area (Å²) in [5.74, 6) is 0. The third-order valence-electron chi connectivity index (χ3n) is 2.77. The second-order valence-electron chi connectivity index (χ2n) is 4.28. The second kappa shape index (κ2) is 6.15. The molecule has 0 bridgehead atoms. The smallest absolute Gasteiger partial charge is 0.404 e. The van der Waals surface area contributed by atoms with E-state index < -0.39 is 6.09 Å². The summed E-state index contributed by atoms with van der Waals surface area (Å²) in [6, 6.07) is 10.1. The number of ether oxygens (including phenoxy) is 1. The van der Waals surface area contributed by atoms with Gasteiger partial charge < -0.3 is 15.8 Å². The van der Waals surface area contributed by atoms with Crippen LogP contribution in [0.2, 0.25) is 0 Å². The summed E-state index contributed by atoms with van der Waals surface area (Å²) in [6.45, 7) is 3.52. The number of aromatic nitrogens is 1. The Hall–Kier alpha value is -2.14. The summed E-state index contributed by atoms with van der Waals surface area (Å²) >= 11 is 0. The summed E-state index contributed by atoms with van der Waals surface area (Å²) in [5.41, 5.74) is 8.05. The molecule has 0 aliphatic rings. The van der Waals surface area contributed by atoms with Crippen molar-refractivity contribution in [3.63, 3.8) is 0 Å². The fraction of sp³-hybridized carbons (Fsp3) is 0.286. The number of hydrogen-bond donors (Lipinski definition) is 2. The van der Waals surface area contributed by atoms with Crippen LogP contribution in [0.4, 0.5) is 4.79 Å². The van der Waals surface area contributed by atoms with E-state index in [0.29, 0.717) is 13.1 Å². The van der Waals surface area contributed by atoms with E-state index in [9.17, 15) is 4.79 Å². The first-order valence-corrected chi connectivity index (χ1v) is 6.15. The number of fused-ring (bicyclic) bond motifs is 1. The maximum atomic E-state index is 10.4. The molecule has 2 rings (SSSR count). The number of para-hydroxylation sites is 1. The molecule has 100 valence electrons. The number of hydrogen-bond acceptors (Lipinski definition) is 4. The molecule has 1 amide bonds. The van der Waals surface area contributed by atoms with Crippen LogP contribution in [-0.2, 0) is 11.3 Å². The summed E-state index contributed by atoms with van der Waals surface area (Å²) in [7, 11) is 0. The first-order chi connectivity index (χ1) is 9.16. The third kappa shape index (κ3) is 3.66. The van der Waals surface area contributed by atoms with Gasteiger partial charge in [0.2, 0.25) is 0 Å². The predicted octanol–water partition coefficient (Wildman–Crippen LogP) is 1.73. The van der Waals surface area contributed by atoms with Gasteiger partial charge in [-0.2, -0.15) is 0 Å². The van der Waals surface area contributed by atoms with Crippen molar-refractivity contribution in [1.29, 1.82) is 0 Å². The number of carbonyl (C=O) groups is 1. The lowest BCUT2D eigenvalue weighted by Crippen LogP contribution is -2.23. The van der Waals surface area contributed by atoms with Crippen molar-refractivity contribution >= 4 is 17.0 Å². The molecular weight excluding hydrogens is 242 g/mol. The van der Waals surface area contributed by atoms with Crippen molar-refractivity contribution in [2.45, 2.75) is 13.5 Å². The highest BCUT2D eigenvalue weighted by molar-refractivity contribution is 5.82. The molecule has 0 saturated heterocycles. The number of primary amides is 1. The van der Waals surface area contributed by atoms with Crippen molar-refractivity contribution in [3.05, 3.63) is 41.6 Å². The monoisotopic (exact) mass is 259 g/mol. The van der Waals surface area contributed by atoms with Crippen LogP contribution >= 0.6 is 0 Å². The molecule has 2 aromatic rings. The van der Waals surface area contributed by atoms with Gasteiger partial charge in [-0.15, -0.1) is 0 Å². The normalized spacial score (nSPS) is 10.6. The molecule has 0 fully saturated rings. The number of amides is 1. The largest absolute Gasteiger partial charge is 0.448 e. The number of benzene rings is 1. The van der Waals surface area contributed by atoms with Gasteiger partial charge in [0.1, 0.15) is 6.61 Å². The molecule has 0 aliphatic heterocycles. The number of rotatable bonds is 5. The minimum atomic E-state index is -0.744. The summed E-state index contributed by atoms with van der Waals surface area (Å²) in [6.07, 6.45) is -0.744. The highest BCUT2D eigenvalue weighted by Gasteiger charge is 2.03. The Morgan fingerprint density at radius 3 is 3.00 bits per heavy atom. The van der Waals surface area contributed by atoms with Gasteiger partial charge in [0.15, 0.2) is 0 Å². The molecule has 5 nitrogen and oxygen atoms in total. The highest BCUT2D eigenvalue weighted by Crippen LogP contribution is 2.17. The lowest BCUT2D eigenvalue weighted by molar-refractivity contribution is 0.157. The number of carbonyl (C=O) groups excluding carboxylic acids is 1. The van der Waals surface area contributed by atoms with E-state index in [1.165, 1.54) is 5.56 Å². The SMILES string of the molecule is Cc1cc(CNCCOC(N)=O)c2ccccc2n1. The zero-order chi connectivity index (χ0) is 13.7. The van der Waals surface area contributed by atoms with E-state index in [1.54, 1.807) is 0 Å². The van der Waals surface area contributed by atoms with E-state index in [4.69, 9.17) is 5.73 Å². The maximum Gasteiger partial charge on any atom is 0.404 e. The van der Waals surface area contributed by atoms with Gasteiger partial charge in [0.05, 0.1) is 5.52 Å². The average molecular weight is 259 g/mol. The molecule has 1 aromatic heterocycles. The Bertz CT molecular complexity index is 584. The van der Waals surface area contributed by atoms with Gasteiger partial charge in [0.25, 0.3) is 0 Å². The molecule has 0 spiro atoms. The van der Waals surface area contributed by atoms with E-state index >= 15 is 0 Å². The van der Waals surface area contributed by atoms with E-state index in [2.05, 4.69) is 27.2 Å². The molecule has 1 aromatic carbocycles. The molecule has 0 aliphatic carbocycles. The number of aryl methyl sites for hydroxylation is 1. The minimum absolute atomic E-state index is 0.275. The molecule has 1 heterocycles. The lowest BCUT2D eigenvalue weighted by Gasteiger charge is -2.09. The van der Waals surface area contributed by atoms with Crippen LogP contribution in [0, 0.1) is 6.92 Å². The van der Waals surface area contributed by atoms with Crippen LogP contribution in [0.25, 0.3) is 10.9 Å². The van der Waals surface area contributed by atoms with Crippen LogP contribution < -0.4 is 11.1 Å². The fourth-order valence-corrected chi connectivity index (χ4v) is 1.99. The van der Waals surface area contributed by atoms with Crippen molar-refractivity contribution in [2.24, 2.45) is 5.73 Å². The van der Waals surface area contributed by atoms with Crippen LogP contribution in [0.15, 0.2) is 30.3 Å². The number of nitrogens with two attached hydrogens (primary N) is 1. The quantitative estimate of drug-likeness (QED) is 0.802. The Kier molecular flexibility index (Phi) is 4.30. The zero-order valence-corrected chi connectivity index (χ0v) is 10.8. The van der Waals surface area contributed by atoms with Crippen molar-refractivity contribution < 1.29 is 9.53 Å². The number of pyridine rings is 1. The molecular formula is C14H17N3O2. The molecule has 19 heavy (non-hydrogen) atoms. The van der Waals surface area contributed by atoms with Gasteiger partial charge in [0, 0.05) is 24.2 Å². The summed E-state index contributed by atoms with van der Waals surface area (Å²) < 4.78 is 4.66. The molecule has 0 saturated carbocycles. The van der Waals surface area contributed by atoms with Crippen LogP contribution in [0.1, 0.15) is 11.3 Å². The number of nitrogens with zero attached hydrogens (tertiary/aromatic N) is 1. The van der Waals surface area contributed by atoms with Crippen LogP contribution in [-0.4, -0.2) is 24.2 Å². The second-order valence-corrected chi connectivity index (χ2v) is 4.28. The molecule has 5 heteroatoms. The lowest BCUT2D eigenvalue weighted by atomic mass is 10.1. The Morgan fingerprint density at radius 1 is 1.42 bits per heavy atom. The molecule has 3 N–H and O–H groups in total. The number of nitrogens with one attached hydrogen (secondary N) is 1. The van der Waals surface area contributed by atoms with Crippen molar-refractivity contribution in [2.75, 3.05) is 13.2 Å². The fourth-order valence-electron chi connectivity index (χ4n) is 1.99. The third-order valence-corrected chi connectivity index (χ3v) is 2.77. The van der Waals surface area contributed by atoms with E-state index in [0.717, 1.165) is 16.6 Å². The van der Waals surface area contributed by atoms with Gasteiger partial charge in [-0.3, -0.25) is 4.98 Å². The van der Waals surface area contributed by atoms with Crippen molar-refractivity contribution in [1.82, 2.24) is 10.3 Å². The standard InChI is InChI=1S/C14H17N3O2/c1-10-8-11(9-16-6-7-19-14(15)18)12-4-2-3-5-13(12)17-10/h2-5,8,16H,6-7,9H2,1H3,(H2,15,18). The van der Waals surface area contributed by atoms with Gasteiger partial charge >= 0.3 is 6.09 Å². The van der Waals surface area contributed by atoms with Gasteiger partial charge in [-0.25, -0.2) is 4.79 Å². The maximum absolute atomic E-state index is 10.4. The summed E-state index contributed by atoms with van der Waals surface area (Å²) in [4.78, 5) is 14.9. The van der Waals surface area contributed by atoms with Gasteiger partial charge in [-0.1, -0.05) is 18.2 Å². The average Bonchev–Trinajstić information content (AvgIpc) is 2.37. The highest BCUT2D eigenvalue weighted by atomic mass is 16.5. The zero-order valence-electron chi connectivity index (χ0n) is 10.8. The first kappa shape index (κ1) is 13.3. The predicted molar refractivity (Wildman–Crippen MR) is 73.7 cm³/mol. The first-order valence-electron chi connectivity index (χ1n) is 6.15. The Morgan fingerprint density at radius 2 is 2.21 bits per heavy atom. The van der Waals surface area contributed by atoms with Crippen LogP contribution in [0.3, 0.4) is 0 Å². The molecule has 0 atom stereocenters. The van der Waals surface area contributed by atoms with Crippen LogP contribution in [0.5, 0.6) is 0 Å². The van der Waals surface area contributed by atoms with E-state index in [-0.39, 0.29) is 6.61 Å². The Balaban J connectivity index is 2.02.